The van der Waals surface area contributed by atoms with Gasteiger partial charge in [0.25, 0.3) is 5.56 Å². The Hall–Kier alpha value is -3.24. The van der Waals surface area contributed by atoms with Crippen LogP contribution in [0, 0.1) is 5.82 Å². The van der Waals surface area contributed by atoms with Crippen molar-refractivity contribution in [3.05, 3.63) is 106 Å². The predicted octanol–water partition coefficient (Wildman–Crippen LogP) is 5.50. The fourth-order valence-electron chi connectivity index (χ4n) is 2.89. The molecule has 0 aliphatic carbocycles. The second kappa shape index (κ2) is 9.99. The van der Waals surface area contributed by atoms with Gasteiger partial charge in [-0.2, -0.15) is 0 Å². The van der Waals surface area contributed by atoms with Gasteiger partial charge in [0, 0.05) is 30.5 Å². The molecule has 0 aliphatic heterocycles. The number of halogens is 1. The lowest BCUT2D eigenvalue weighted by molar-refractivity contribution is 0.303. The van der Waals surface area contributed by atoms with Gasteiger partial charge in [-0.05, 0) is 67.9 Å². The van der Waals surface area contributed by atoms with E-state index in [0.717, 1.165) is 28.9 Å². The molecule has 0 saturated carbocycles. The minimum atomic E-state index is -0.265. The fraction of sp³-hybridized carbons (Fsp3) is 0.192. The molecule has 0 fully saturated rings. The van der Waals surface area contributed by atoms with E-state index in [1.807, 2.05) is 42.5 Å². The third kappa shape index (κ3) is 5.88. The molecule has 0 bridgehead atoms. The van der Waals surface area contributed by atoms with Crippen LogP contribution in [0.2, 0.25) is 0 Å². The van der Waals surface area contributed by atoms with Gasteiger partial charge in [-0.1, -0.05) is 48.6 Å². The molecule has 0 amide bonds. The Labute approximate surface area is 177 Å². The van der Waals surface area contributed by atoms with Gasteiger partial charge in [-0.3, -0.25) is 9.36 Å². The zero-order valence-electron chi connectivity index (χ0n) is 17.6. The van der Waals surface area contributed by atoms with E-state index in [0.29, 0.717) is 6.04 Å². The molecule has 0 radical (unpaired) electrons. The van der Waals surface area contributed by atoms with Crippen LogP contribution in [-0.4, -0.2) is 29.1 Å². The predicted molar refractivity (Wildman–Crippen MR) is 124 cm³/mol. The Morgan fingerprint density at radius 3 is 2.13 bits per heavy atom. The Kier molecular flexibility index (Phi) is 7.15. The van der Waals surface area contributed by atoms with E-state index in [1.54, 1.807) is 29.0 Å². The molecular weight excluding hydrogens is 375 g/mol. The molecule has 1 aromatic heterocycles. The molecule has 3 aromatic rings. The zero-order chi connectivity index (χ0) is 21.5. The molecule has 154 valence electrons. The van der Waals surface area contributed by atoms with Crippen molar-refractivity contribution in [2.75, 3.05) is 13.6 Å². The normalized spacial score (nSPS) is 11.9. The highest BCUT2D eigenvalue weighted by Crippen LogP contribution is 2.12. The first-order chi connectivity index (χ1) is 14.4. The molecule has 4 heteroatoms. The van der Waals surface area contributed by atoms with Gasteiger partial charge in [-0.15, -0.1) is 0 Å². The van der Waals surface area contributed by atoms with Crippen molar-refractivity contribution >= 4 is 18.2 Å². The SMILES string of the molecule is CC(C)N(C)CC=Cc1ccc(-n2ccc(C=Cc3ccc(F)cc3)cc2=O)cc1. The van der Waals surface area contributed by atoms with Crippen molar-refractivity contribution in [2.45, 2.75) is 19.9 Å². The van der Waals surface area contributed by atoms with Crippen LogP contribution in [0.25, 0.3) is 23.9 Å². The van der Waals surface area contributed by atoms with Gasteiger partial charge in [0.15, 0.2) is 0 Å². The molecule has 1 heterocycles. The van der Waals surface area contributed by atoms with E-state index in [9.17, 15) is 9.18 Å². The maximum atomic E-state index is 13.0. The van der Waals surface area contributed by atoms with E-state index >= 15 is 0 Å². The summed E-state index contributed by atoms with van der Waals surface area (Å²) in [5, 5.41) is 0. The van der Waals surface area contributed by atoms with Crippen LogP contribution in [0.15, 0.2) is 77.7 Å². The Bertz CT molecular complexity index is 1080. The molecule has 3 rings (SSSR count). The van der Waals surface area contributed by atoms with Gasteiger partial charge >= 0.3 is 0 Å². The minimum absolute atomic E-state index is 0.0990. The van der Waals surface area contributed by atoms with Gasteiger partial charge in [-0.25, -0.2) is 4.39 Å². The quantitative estimate of drug-likeness (QED) is 0.521. The standard InChI is InChI=1S/C26H27FN2O/c1-20(2)28(3)17-4-5-21-10-14-25(15-11-21)29-18-16-23(19-26(29)30)7-6-22-8-12-24(27)13-9-22/h4-16,18-20H,17H2,1-3H3. The summed E-state index contributed by atoms with van der Waals surface area (Å²) >= 11 is 0. The molecule has 30 heavy (non-hydrogen) atoms. The topological polar surface area (TPSA) is 25.2 Å². The summed E-state index contributed by atoms with van der Waals surface area (Å²) in [7, 11) is 2.10. The first-order valence-corrected chi connectivity index (χ1v) is 10.1. The number of likely N-dealkylation sites (N-methyl/N-ethyl adjacent to an activating group) is 1. The van der Waals surface area contributed by atoms with Gasteiger partial charge < -0.3 is 4.90 Å². The van der Waals surface area contributed by atoms with Crippen LogP contribution in [-0.2, 0) is 0 Å². The first kappa shape index (κ1) is 21.5. The molecule has 0 N–H and O–H groups in total. The maximum absolute atomic E-state index is 13.0. The van der Waals surface area contributed by atoms with Crippen molar-refractivity contribution < 1.29 is 4.39 Å². The summed E-state index contributed by atoms with van der Waals surface area (Å²) in [5.41, 5.74) is 3.50. The maximum Gasteiger partial charge on any atom is 0.255 e. The van der Waals surface area contributed by atoms with E-state index in [-0.39, 0.29) is 11.4 Å². The lowest BCUT2D eigenvalue weighted by Gasteiger charge is -2.18. The number of rotatable bonds is 7. The molecular formula is C26H27FN2O. The summed E-state index contributed by atoms with van der Waals surface area (Å²) in [4.78, 5) is 14.8. The van der Waals surface area contributed by atoms with Crippen molar-refractivity contribution in [3.63, 3.8) is 0 Å². The first-order valence-electron chi connectivity index (χ1n) is 10.1. The van der Waals surface area contributed by atoms with Crippen molar-refractivity contribution in [2.24, 2.45) is 0 Å². The molecule has 0 spiro atoms. The molecule has 0 saturated heterocycles. The number of nitrogens with zero attached hydrogens (tertiary/aromatic N) is 2. The zero-order valence-corrected chi connectivity index (χ0v) is 17.6. The number of aromatic nitrogens is 1. The largest absolute Gasteiger partial charge is 0.300 e. The average molecular weight is 403 g/mol. The Balaban J connectivity index is 1.69. The van der Waals surface area contributed by atoms with Crippen LogP contribution in [0.4, 0.5) is 4.39 Å². The summed E-state index contributed by atoms with van der Waals surface area (Å²) in [6.45, 7) is 5.24. The van der Waals surface area contributed by atoms with Crippen molar-refractivity contribution in [3.8, 4) is 5.69 Å². The lowest BCUT2D eigenvalue weighted by Crippen LogP contribution is -2.26. The van der Waals surface area contributed by atoms with Crippen LogP contribution < -0.4 is 5.56 Å². The van der Waals surface area contributed by atoms with Crippen LogP contribution in [0.3, 0.4) is 0 Å². The highest BCUT2D eigenvalue weighted by Gasteiger charge is 2.01. The van der Waals surface area contributed by atoms with Crippen LogP contribution >= 0.6 is 0 Å². The van der Waals surface area contributed by atoms with E-state index in [1.165, 1.54) is 12.1 Å². The monoisotopic (exact) mass is 402 g/mol. The van der Waals surface area contributed by atoms with Crippen LogP contribution in [0.1, 0.15) is 30.5 Å². The van der Waals surface area contributed by atoms with E-state index < -0.39 is 0 Å². The summed E-state index contributed by atoms with van der Waals surface area (Å²) in [6, 6.07) is 18.1. The summed E-state index contributed by atoms with van der Waals surface area (Å²) in [5.74, 6) is -0.265. The van der Waals surface area contributed by atoms with E-state index in [4.69, 9.17) is 0 Å². The second-order valence-corrected chi connectivity index (χ2v) is 7.58. The highest BCUT2D eigenvalue weighted by molar-refractivity contribution is 5.69. The minimum Gasteiger partial charge on any atom is -0.300 e. The Morgan fingerprint density at radius 1 is 0.900 bits per heavy atom. The number of pyridine rings is 1. The molecule has 0 unspecified atom stereocenters. The molecule has 2 aromatic carbocycles. The van der Waals surface area contributed by atoms with Crippen molar-refractivity contribution in [1.29, 1.82) is 0 Å². The van der Waals surface area contributed by atoms with Crippen molar-refractivity contribution in [1.82, 2.24) is 9.47 Å². The second-order valence-electron chi connectivity index (χ2n) is 7.58. The third-order valence-electron chi connectivity index (χ3n) is 5.04. The number of benzene rings is 2. The third-order valence-corrected chi connectivity index (χ3v) is 5.04. The Morgan fingerprint density at radius 2 is 1.50 bits per heavy atom. The van der Waals surface area contributed by atoms with Gasteiger partial charge in [0.05, 0.1) is 0 Å². The fourth-order valence-corrected chi connectivity index (χ4v) is 2.89. The van der Waals surface area contributed by atoms with Gasteiger partial charge in [0.2, 0.25) is 0 Å². The lowest BCUT2D eigenvalue weighted by atomic mass is 10.1. The summed E-state index contributed by atoms with van der Waals surface area (Å²) in [6.07, 6.45) is 9.71. The average Bonchev–Trinajstić information content (AvgIpc) is 2.74. The highest BCUT2D eigenvalue weighted by atomic mass is 19.1. The number of hydrogen-bond acceptors (Lipinski definition) is 2. The summed E-state index contributed by atoms with van der Waals surface area (Å²) < 4.78 is 14.6. The van der Waals surface area contributed by atoms with Gasteiger partial charge in [0.1, 0.15) is 5.82 Å². The van der Waals surface area contributed by atoms with Crippen LogP contribution in [0.5, 0.6) is 0 Å². The van der Waals surface area contributed by atoms with E-state index in [2.05, 4.69) is 37.9 Å². The number of hydrogen-bond donors (Lipinski definition) is 0. The molecule has 3 nitrogen and oxygen atoms in total. The molecule has 0 aliphatic rings. The smallest absolute Gasteiger partial charge is 0.255 e. The molecule has 0 atom stereocenters.